The fourth-order valence-corrected chi connectivity index (χ4v) is 1.44. The van der Waals surface area contributed by atoms with Crippen LogP contribution in [0.4, 0.5) is 5.69 Å². The molecule has 6 heteroatoms. The smallest absolute Gasteiger partial charge is 0.0862 e. The summed E-state index contributed by atoms with van der Waals surface area (Å²) in [7, 11) is 1.87. The minimum atomic E-state index is -0.511. The number of hydrogen-bond donors (Lipinski definition) is 2. The summed E-state index contributed by atoms with van der Waals surface area (Å²) >= 11 is 0. The van der Waals surface area contributed by atoms with Gasteiger partial charge in [0.05, 0.1) is 30.6 Å². The highest BCUT2D eigenvalue weighted by molar-refractivity contribution is 5.30. The van der Waals surface area contributed by atoms with Gasteiger partial charge in [0, 0.05) is 25.7 Å². The summed E-state index contributed by atoms with van der Waals surface area (Å²) in [6.07, 6.45) is 3.19. The maximum atomic E-state index is 9.76. The number of anilines is 1. The molecule has 0 fully saturated rings. The molecule has 1 aromatic heterocycles. The summed E-state index contributed by atoms with van der Waals surface area (Å²) in [5.41, 5.74) is 6.10. The Hall–Kier alpha value is -1.58. The molecule has 6 nitrogen and oxygen atoms in total. The van der Waals surface area contributed by atoms with Gasteiger partial charge >= 0.3 is 0 Å². The van der Waals surface area contributed by atoms with Crippen molar-refractivity contribution in [3.63, 3.8) is 0 Å². The van der Waals surface area contributed by atoms with Crippen LogP contribution in [0, 0.1) is 11.3 Å². The van der Waals surface area contributed by atoms with Crippen LogP contribution in [0.2, 0.25) is 0 Å². The van der Waals surface area contributed by atoms with Crippen molar-refractivity contribution < 1.29 is 5.11 Å². The van der Waals surface area contributed by atoms with Gasteiger partial charge in [-0.1, -0.05) is 0 Å². The zero-order valence-electron chi connectivity index (χ0n) is 9.37. The van der Waals surface area contributed by atoms with Crippen LogP contribution in [0.3, 0.4) is 0 Å². The quantitative estimate of drug-likeness (QED) is 0.689. The highest BCUT2D eigenvalue weighted by Gasteiger charge is 2.09. The first-order valence-corrected chi connectivity index (χ1v) is 5.13. The first-order valence-electron chi connectivity index (χ1n) is 5.13. The van der Waals surface area contributed by atoms with Gasteiger partial charge in [-0.25, -0.2) is 0 Å². The van der Waals surface area contributed by atoms with Crippen LogP contribution in [-0.4, -0.2) is 46.0 Å². The molecule has 1 unspecified atom stereocenters. The fraction of sp³-hybridized carbons (Fsp3) is 0.600. The van der Waals surface area contributed by atoms with Crippen LogP contribution in [0.15, 0.2) is 12.4 Å². The number of aromatic nitrogens is 2. The molecule has 0 radical (unpaired) electrons. The van der Waals surface area contributed by atoms with E-state index in [2.05, 4.69) is 11.2 Å². The van der Waals surface area contributed by atoms with Gasteiger partial charge in [-0.05, 0) is 7.05 Å². The number of nitriles is 1. The molecule has 0 aliphatic heterocycles. The third-order valence-electron chi connectivity index (χ3n) is 2.18. The van der Waals surface area contributed by atoms with Gasteiger partial charge in [-0.15, -0.1) is 0 Å². The van der Waals surface area contributed by atoms with Crippen molar-refractivity contribution in [1.29, 1.82) is 5.26 Å². The molecule has 0 aliphatic carbocycles. The molecule has 0 bridgehead atoms. The van der Waals surface area contributed by atoms with E-state index >= 15 is 0 Å². The number of rotatable bonds is 6. The Morgan fingerprint density at radius 1 is 1.75 bits per heavy atom. The molecule has 1 heterocycles. The second-order valence-corrected chi connectivity index (χ2v) is 3.82. The summed E-state index contributed by atoms with van der Waals surface area (Å²) in [4.78, 5) is 1.92. The van der Waals surface area contributed by atoms with Crippen LogP contribution < -0.4 is 5.73 Å². The number of aliphatic hydroxyl groups is 1. The molecule has 0 amide bonds. The van der Waals surface area contributed by atoms with Crippen LogP contribution in [0.1, 0.15) is 6.42 Å². The lowest BCUT2D eigenvalue weighted by Crippen LogP contribution is -2.32. The third kappa shape index (κ3) is 4.29. The van der Waals surface area contributed by atoms with E-state index < -0.39 is 6.10 Å². The molecule has 3 N–H and O–H groups in total. The lowest BCUT2D eigenvalue weighted by molar-refractivity contribution is 0.107. The first kappa shape index (κ1) is 12.5. The highest BCUT2D eigenvalue weighted by Crippen LogP contribution is 2.00. The van der Waals surface area contributed by atoms with Crippen LogP contribution in [0.25, 0.3) is 0 Å². The Kier molecular flexibility index (Phi) is 4.76. The molecule has 16 heavy (non-hydrogen) atoms. The van der Waals surface area contributed by atoms with Gasteiger partial charge in [-0.2, -0.15) is 10.4 Å². The normalized spacial score (nSPS) is 12.6. The minimum absolute atomic E-state index is 0.411. The van der Waals surface area contributed by atoms with Crippen molar-refractivity contribution in [2.45, 2.75) is 19.1 Å². The van der Waals surface area contributed by atoms with Crippen molar-refractivity contribution in [3.05, 3.63) is 12.4 Å². The topological polar surface area (TPSA) is 91.1 Å². The monoisotopic (exact) mass is 223 g/mol. The van der Waals surface area contributed by atoms with E-state index in [0.29, 0.717) is 31.7 Å². The second kappa shape index (κ2) is 6.10. The Morgan fingerprint density at radius 2 is 2.50 bits per heavy atom. The molecule has 0 saturated carbocycles. The maximum absolute atomic E-state index is 9.76. The Bertz CT molecular complexity index is 356. The molecule has 0 saturated heterocycles. The maximum Gasteiger partial charge on any atom is 0.0862 e. The van der Waals surface area contributed by atoms with E-state index in [4.69, 9.17) is 11.0 Å². The second-order valence-electron chi connectivity index (χ2n) is 3.82. The van der Waals surface area contributed by atoms with Gasteiger partial charge in [0.15, 0.2) is 0 Å². The number of likely N-dealkylation sites (N-methyl/N-ethyl adjacent to an activating group) is 1. The van der Waals surface area contributed by atoms with Gasteiger partial charge in [0.1, 0.15) is 0 Å². The van der Waals surface area contributed by atoms with Crippen LogP contribution in [0.5, 0.6) is 0 Å². The summed E-state index contributed by atoms with van der Waals surface area (Å²) in [6, 6.07) is 2.07. The number of nitrogens with two attached hydrogens (primary N) is 1. The molecular formula is C10H17N5O. The zero-order valence-corrected chi connectivity index (χ0v) is 9.37. The molecule has 1 aromatic rings. The lowest BCUT2D eigenvalue weighted by atomic mass is 10.3. The van der Waals surface area contributed by atoms with Crippen LogP contribution >= 0.6 is 0 Å². The van der Waals surface area contributed by atoms with E-state index in [1.807, 2.05) is 11.9 Å². The predicted octanol–water partition coefficient (Wildman–Crippen LogP) is -0.328. The average molecular weight is 223 g/mol. The summed E-state index contributed by atoms with van der Waals surface area (Å²) in [6.45, 7) is 1.59. The van der Waals surface area contributed by atoms with Gasteiger partial charge < -0.3 is 15.7 Å². The largest absolute Gasteiger partial charge is 0.396 e. The van der Waals surface area contributed by atoms with Crippen molar-refractivity contribution in [1.82, 2.24) is 14.7 Å². The van der Waals surface area contributed by atoms with Crippen molar-refractivity contribution in [3.8, 4) is 6.07 Å². The Labute approximate surface area is 94.9 Å². The van der Waals surface area contributed by atoms with E-state index in [0.717, 1.165) is 0 Å². The van der Waals surface area contributed by atoms with Crippen molar-refractivity contribution in [2.75, 3.05) is 25.9 Å². The fourth-order valence-electron chi connectivity index (χ4n) is 1.44. The van der Waals surface area contributed by atoms with E-state index in [-0.39, 0.29) is 0 Å². The highest BCUT2D eigenvalue weighted by atomic mass is 16.3. The van der Waals surface area contributed by atoms with E-state index in [1.54, 1.807) is 17.1 Å². The zero-order chi connectivity index (χ0) is 12.0. The van der Waals surface area contributed by atoms with Crippen molar-refractivity contribution in [2.24, 2.45) is 0 Å². The molecule has 0 aliphatic rings. The average Bonchev–Trinajstić information content (AvgIpc) is 2.60. The molecule has 1 rings (SSSR count). The first-order chi connectivity index (χ1) is 7.61. The van der Waals surface area contributed by atoms with E-state index in [1.165, 1.54) is 0 Å². The summed E-state index contributed by atoms with van der Waals surface area (Å²) in [5.74, 6) is 0. The minimum Gasteiger partial charge on any atom is -0.396 e. The molecule has 0 aromatic carbocycles. The van der Waals surface area contributed by atoms with Gasteiger partial charge in [0.25, 0.3) is 0 Å². The number of nitrogens with zero attached hydrogens (tertiary/aromatic N) is 4. The van der Waals surface area contributed by atoms with Crippen molar-refractivity contribution >= 4 is 5.69 Å². The standard InChI is InChI=1S/C10H17N5O/c1-14(4-2-3-11)7-10(16)8-15-6-9(12)5-13-15/h5-6,10,16H,2,4,7-8,12H2,1H3. The molecule has 0 spiro atoms. The summed E-state index contributed by atoms with van der Waals surface area (Å²) in [5, 5.41) is 22.2. The molecular weight excluding hydrogens is 206 g/mol. The van der Waals surface area contributed by atoms with Gasteiger partial charge in [0.2, 0.25) is 0 Å². The number of aliphatic hydroxyl groups excluding tert-OH is 1. The number of hydrogen-bond acceptors (Lipinski definition) is 5. The predicted molar refractivity (Wildman–Crippen MR) is 60.4 cm³/mol. The SMILES string of the molecule is CN(CCC#N)CC(O)Cn1cc(N)cn1. The van der Waals surface area contributed by atoms with Gasteiger partial charge in [-0.3, -0.25) is 4.68 Å². The van der Waals surface area contributed by atoms with Crippen LogP contribution in [-0.2, 0) is 6.54 Å². The number of nitrogen functional groups attached to an aromatic ring is 1. The third-order valence-corrected chi connectivity index (χ3v) is 2.18. The summed E-state index contributed by atoms with van der Waals surface area (Å²) < 4.78 is 1.61. The molecule has 1 atom stereocenters. The molecule has 88 valence electrons. The Balaban J connectivity index is 2.30. The van der Waals surface area contributed by atoms with E-state index in [9.17, 15) is 5.11 Å². The lowest BCUT2D eigenvalue weighted by Gasteiger charge is -2.19. The Morgan fingerprint density at radius 3 is 3.06 bits per heavy atom.